The van der Waals surface area contributed by atoms with E-state index in [2.05, 4.69) is 10.3 Å². The summed E-state index contributed by atoms with van der Waals surface area (Å²) in [6.07, 6.45) is 3.97. The zero-order chi connectivity index (χ0) is 17.9. The number of anilines is 2. The quantitative estimate of drug-likeness (QED) is 0.792. The van der Waals surface area contributed by atoms with Gasteiger partial charge in [0.2, 0.25) is 0 Å². The third-order valence-electron chi connectivity index (χ3n) is 4.54. The molecule has 1 saturated carbocycles. The van der Waals surface area contributed by atoms with Gasteiger partial charge >= 0.3 is 0 Å². The van der Waals surface area contributed by atoms with Gasteiger partial charge < -0.3 is 10.4 Å². The SMILES string of the molecule is CCN(c1ccccc1)S(=O)(=O)c1ccc(NCC2(O)CCC2)nc1. The standard InChI is InChI=1S/C18H23N3O3S/c1-2-21(15-7-4-3-5-8-15)25(23,24)16-9-10-17(19-13-16)20-14-18(22)11-6-12-18/h3-5,7-10,13,22H,2,6,11-12,14H2,1H3,(H,19,20). The summed E-state index contributed by atoms with van der Waals surface area (Å²) in [7, 11) is -3.66. The van der Waals surface area contributed by atoms with E-state index in [0.717, 1.165) is 19.3 Å². The third-order valence-corrected chi connectivity index (χ3v) is 6.43. The number of nitrogens with zero attached hydrogens (tertiary/aromatic N) is 2. The summed E-state index contributed by atoms with van der Waals surface area (Å²) in [5.41, 5.74) is -0.0296. The normalized spacial score (nSPS) is 16.1. The molecule has 1 aliphatic carbocycles. The van der Waals surface area contributed by atoms with Crippen molar-refractivity contribution in [3.8, 4) is 0 Å². The molecule has 0 radical (unpaired) electrons. The van der Waals surface area contributed by atoms with Gasteiger partial charge in [-0.05, 0) is 50.5 Å². The predicted molar refractivity (Wildman–Crippen MR) is 98.2 cm³/mol. The van der Waals surface area contributed by atoms with Crippen LogP contribution in [-0.4, -0.2) is 37.2 Å². The summed E-state index contributed by atoms with van der Waals surface area (Å²) < 4.78 is 27.1. The van der Waals surface area contributed by atoms with Crippen molar-refractivity contribution in [2.75, 3.05) is 22.7 Å². The van der Waals surface area contributed by atoms with E-state index >= 15 is 0 Å². The Labute approximate surface area is 148 Å². The number of pyridine rings is 1. The molecule has 0 amide bonds. The number of aromatic nitrogens is 1. The van der Waals surface area contributed by atoms with E-state index < -0.39 is 15.6 Å². The van der Waals surface area contributed by atoms with Crippen LogP contribution in [0.25, 0.3) is 0 Å². The van der Waals surface area contributed by atoms with Crippen molar-refractivity contribution in [1.29, 1.82) is 0 Å². The average molecular weight is 361 g/mol. The molecule has 0 aliphatic heterocycles. The van der Waals surface area contributed by atoms with Crippen LogP contribution in [0.15, 0.2) is 53.6 Å². The Hall–Kier alpha value is -2.12. The molecule has 1 aromatic heterocycles. The zero-order valence-corrected chi connectivity index (χ0v) is 15.0. The lowest BCUT2D eigenvalue weighted by atomic mass is 9.80. The highest BCUT2D eigenvalue weighted by Crippen LogP contribution is 2.31. The molecular weight excluding hydrogens is 338 g/mol. The van der Waals surface area contributed by atoms with Gasteiger partial charge in [-0.3, -0.25) is 4.31 Å². The summed E-state index contributed by atoms with van der Waals surface area (Å²) in [4.78, 5) is 4.33. The van der Waals surface area contributed by atoms with E-state index in [1.807, 2.05) is 18.2 Å². The second-order valence-corrected chi connectivity index (χ2v) is 8.18. The fourth-order valence-electron chi connectivity index (χ4n) is 2.87. The van der Waals surface area contributed by atoms with Crippen LogP contribution in [-0.2, 0) is 10.0 Å². The van der Waals surface area contributed by atoms with Crippen molar-refractivity contribution in [3.63, 3.8) is 0 Å². The molecule has 3 rings (SSSR count). The molecule has 1 fully saturated rings. The highest BCUT2D eigenvalue weighted by molar-refractivity contribution is 7.92. The third kappa shape index (κ3) is 3.77. The Balaban J connectivity index is 1.75. The van der Waals surface area contributed by atoms with Gasteiger partial charge in [0, 0.05) is 19.3 Å². The first-order chi connectivity index (χ1) is 11.9. The van der Waals surface area contributed by atoms with Gasteiger partial charge in [0.25, 0.3) is 10.0 Å². The second kappa shape index (κ2) is 7.01. The Morgan fingerprint density at radius 3 is 2.44 bits per heavy atom. The van der Waals surface area contributed by atoms with Crippen LogP contribution in [0.1, 0.15) is 26.2 Å². The van der Waals surface area contributed by atoms with Gasteiger partial charge in [0.05, 0.1) is 11.3 Å². The number of aliphatic hydroxyl groups is 1. The minimum Gasteiger partial charge on any atom is -0.388 e. The molecule has 7 heteroatoms. The molecule has 134 valence electrons. The lowest BCUT2D eigenvalue weighted by Crippen LogP contribution is -2.43. The fourth-order valence-corrected chi connectivity index (χ4v) is 4.29. The topological polar surface area (TPSA) is 82.5 Å². The van der Waals surface area contributed by atoms with Gasteiger partial charge in [-0.15, -0.1) is 0 Å². The lowest BCUT2D eigenvalue weighted by molar-refractivity contribution is -0.0202. The minimum atomic E-state index is -3.66. The highest BCUT2D eigenvalue weighted by atomic mass is 32.2. The van der Waals surface area contributed by atoms with Crippen molar-refractivity contribution in [3.05, 3.63) is 48.7 Å². The van der Waals surface area contributed by atoms with Gasteiger partial charge in [0.15, 0.2) is 0 Å². The van der Waals surface area contributed by atoms with E-state index in [-0.39, 0.29) is 4.90 Å². The van der Waals surface area contributed by atoms with Gasteiger partial charge in [0.1, 0.15) is 10.7 Å². The van der Waals surface area contributed by atoms with E-state index in [4.69, 9.17) is 0 Å². The number of hydrogen-bond acceptors (Lipinski definition) is 5. The Kier molecular flexibility index (Phi) is 4.96. The van der Waals surface area contributed by atoms with Gasteiger partial charge in [-0.1, -0.05) is 18.2 Å². The Morgan fingerprint density at radius 2 is 1.92 bits per heavy atom. The number of sulfonamides is 1. The van der Waals surface area contributed by atoms with Crippen molar-refractivity contribution >= 4 is 21.5 Å². The summed E-state index contributed by atoms with van der Waals surface area (Å²) in [5.74, 6) is 0.557. The van der Waals surface area contributed by atoms with Gasteiger partial charge in [-0.25, -0.2) is 13.4 Å². The van der Waals surface area contributed by atoms with Crippen molar-refractivity contribution in [2.45, 2.75) is 36.7 Å². The summed E-state index contributed by atoms with van der Waals surface area (Å²) in [6, 6.07) is 12.2. The van der Waals surface area contributed by atoms with Crippen molar-refractivity contribution in [1.82, 2.24) is 4.98 Å². The van der Waals surface area contributed by atoms with E-state index in [1.165, 1.54) is 10.5 Å². The van der Waals surface area contributed by atoms with Crippen LogP contribution in [0.3, 0.4) is 0 Å². The maximum Gasteiger partial charge on any atom is 0.265 e. The number of rotatable bonds is 7. The van der Waals surface area contributed by atoms with E-state index in [9.17, 15) is 13.5 Å². The zero-order valence-electron chi connectivity index (χ0n) is 14.2. The summed E-state index contributed by atoms with van der Waals surface area (Å²) >= 11 is 0. The van der Waals surface area contributed by atoms with E-state index in [0.29, 0.717) is 24.6 Å². The summed E-state index contributed by atoms with van der Waals surface area (Å²) in [5, 5.41) is 13.2. The van der Waals surface area contributed by atoms with Crippen LogP contribution >= 0.6 is 0 Å². The van der Waals surface area contributed by atoms with Crippen LogP contribution < -0.4 is 9.62 Å². The predicted octanol–water partition coefficient (Wildman–Crippen LogP) is 2.62. The highest BCUT2D eigenvalue weighted by Gasteiger charge is 2.34. The first kappa shape index (κ1) is 17.7. The van der Waals surface area contributed by atoms with Crippen LogP contribution in [0.5, 0.6) is 0 Å². The molecule has 1 aromatic carbocycles. The average Bonchev–Trinajstić information content (AvgIpc) is 2.60. The second-order valence-electron chi connectivity index (χ2n) is 6.32. The van der Waals surface area contributed by atoms with E-state index in [1.54, 1.807) is 31.2 Å². The molecule has 2 aromatic rings. The molecule has 0 bridgehead atoms. The first-order valence-electron chi connectivity index (χ1n) is 8.45. The van der Waals surface area contributed by atoms with Gasteiger partial charge in [-0.2, -0.15) is 0 Å². The largest absolute Gasteiger partial charge is 0.388 e. The maximum absolute atomic E-state index is 12.9. The van der Waals surface area contributed by atoms with Crippen LogP contribution in [0.2, 0.25) is 0 Å². The first-order valence-corrected chi connectivity index (χ1v) is 9.89. The molecule has 0 spiro atoms. The Bertz CT molecular complexity index is 803. The monoisotopic (exact) mass is 361 g/mol. The molecule has 0 saturated heterocycles. The summed E-state index contributed by atoms with van der Waals surface area (Å²) in [6.45, 7) is 2.56. The van der Waals surface area contributed by atoms with Crippen molar-refractivity contribution in [2.24, 2.45) is 0 Å². The molecule has 1 heterocycles. The number of nitrogens with one attached hydrogen (secondary N) is 1. The van der Waals surface area contributed by atoms with Crippen LogP contribution in [0.4, 0.5) is 11.5 Å². The molecule has 25 heavy (non-hydrogen) atoms. The lowest BCUT2D eigenvalue weighted by Gasteiger charge is -2.36. The Morgan fingerprint density at radius 1 is 1.20 bits per heavy atom. The molecule has 6 nitrogen and oxygen atoms in total. The molecule has 1 aliphatic rings. The van der Waals surface area contributed by atoms with Crippen molar-refractivity contribution < 1.29 is 13.5 Å². The molecule has 2 N–H and O–H groups in total. The fraction of sp³-hybridized carbons (Fsp3) is 0.389. The molecule has 0 unspecified atom stereocenters. The van der Waals surface area contributed by atoms with Crippen LogP contribution in [0, 0.1) is 0 Å². The molecule has 0 atom stereocenters. The number of benzene rings is 1. The smallest absolute Gasteiger partial charge is 0.265 e. The number of hydrogen-bond donors (Lipinski definition) is 2. The molecular formula is C18H23N3O3S. The number of para-hydroxylation sites is 1. The minimum absolute atomic E-state index is 0.145. The maximum atomic E-state index is 12.9.